The van der Waals surface area contributed by atoms with Crippen LogP contribution in [-0.4, -0.2) is 20.3 Å². The number of aryl methyl sites for hydroxylation is 1. The SMILES string of the molecule is Cc1cn(CC(=O)c2ccc(F)cc2Br)c2ncnc(Cl)c12. The smallest absolute Gasteiger partial charge is 0.183 e. The number of ketones is 1. The van der Waals surface area contributed by atoms with Gasteiger partial charge in [0.2, 0.25) is 0 Å². The second-order valence-electron chi connectivity index (χ2n) is 4.85. The Bertz CT molecular complexity index is 894. The average Bonchev–Trinajstić information content (AvgIpc) is 2.76. The first kappa shape index (κ1) is 15.1. The van der Waals surface area contributed by atoms with Crippen molar-refractivity contribution in [3.05, 3.63) is 57.3 Å². The van der Waals surface area contributed by atoms with Crippen molar-refractivity contribution in [1.82, 2.24) is 14.5 Å². The molecule has 112 valence electrons. The third-order valence-electron chi connectivity index (χ3n) is 3.34. The molecule has 2 heterocycles. The number of nitrogens with zero attached hydrogens (tertiary/aromatic N) is 3. The third-order valence-corrected chi connectivity index (χ3v) is 4.29. The molecule has 7 heteroatoms. The fraction of sp³-hybridized carbons (Fsp3) is 0.133. The Morgan fingerprint density at radius 3 is 2.91 bits per heavy atom. The lowest BCUT2D eigenvalue weighted by molar-refractivity contribution is 0.0972. The van der Waals surface area contributed by atoms with E-state index in [4.69, 9.17) is 11.6 Å². The normalized spacial score (nSPS) is 11.1. The molecule has 0 fully saturated rings. The molecule has 4 nitrogen and oxygen atoms in total. The molecule has 0 saturated heterocycles. The Morgan fingerprint density at radius 2 is 2.18 bits per heavy atom. The number of rotatable bonds is 3. The number of halogens is 3. The van der Waals surface area contributed by atoms with Crippen molar-refractivity contribution in [2.24, 2.45) is 0 Å². The zero-order valence-electron chi connectivity index (χ0n) is 11.5. The Morgan fingerprint density at radius 1 is 1.41 bits per heavy atom. The summed E-state index contributed by atoms with van der Waals surface area (Å²) < 4.78 is 15.3. The van der Waals surface area contributed by atoms with Crippen molar-refractivity contribution in [2.45, 2.75) is 13.5 Å². The minimum Gasteiger partial charge on any atom is -0.324 e. The lowest BCUT2D eigenvalue weighted by Crippen LogP contribution is -2.11. The summed E-state index contributed by atoms with van der Waals surface area (Å²) in [6.45, 7) is 1.97. The number of hydrogen-bond donors (Lipinski definition) is 0. The zero-order chi connectivity index (χ0) is 15.9. The maximum absolute atomic E-state index is 13.1. The summed E-state index contributed by atoms with van der Waals surface area (Å²) in [5, 5.41) is 1.09. The Kier molecular flexibility index (Phi) is 3.97. The summed E-state index contributed by atoms with van der Waals surface area (Å²) in [7, 11) is 0. The minimum absolute atomic E-state index is 0.0852. The van der Waals surface area contributed by atoms with E-state index in [2.05, 4.69) is 25.9 Å². The van der Waals surface area contributed by atoms with Crippen molar-refractivity contribution < 1.29 is 9.18 Å². The summed E-state index contributed by atoms with van der Waals surface area (Å²) in [6, 6.07) is 3.99. The van der Waals surface area contributed by atoms with E-state index in [1.807, 2.05) is 6.92 Å². The van der Waals surface area contributed by atoms with Crippen LogP contribution in [0.5, 0.6) is 0 Å². The van der Waals surface area contributed by atoms with Crippen LogP contribution in [0.15, 0.2) is 35.2 Å². The van der Waals surface area contributed by atoms with Gasteiger partial charge in [0.25, 0.3) is 0 Å². The van der Waals surface area contributed by atoms with Gasteiger partial charge in [-0.2, -0.15) is 0 Å². The van der Waals surface area contributed by atoms with Crippen LogP contribution >= 0.6 is 27.5 Å². The number of Topliss-reactive ketones (excluding diaryl/α,β-unsaturated/α-hetero) is 1. The molecule has 2 aromatic heterocycles. The van der Waals surface area contributed by atoms with E-state index in [9.17, 15) is 9.18 Å². The predicted octanol–water partition coefficient (Wildman–Crippen LogP) is 4.18. The summed E-state index contributed by atoms with van der Waals surface area (Å²) in [4.78, 5) is 20.6. The van der Waals surface area contributed by atoms with Gasteiger partial charge in [0.05, 0.1) is 11.9 Å². The molecule has 0 radical (unpaired) electrons. The van der Waals surface area contributed by atoms with Crippen molar-refractivity contribution in [3.8, 4) is 0 Å². The number of carbonyl (C=O) groups is 1. The van der Waals surface area contributed by atoms with Gasteiger partial charge in [-0.3, -0.25) is 4.79 Å². The van der Waals surface area contributed by atoms with Gasteiger partial charge in [-0.15, -0.1) is 0 Å². The predicted molar refractivity (Wildman–Crippen MR) is 85.7 cm³/mol. The third kappa shape index (κ3) is 2.64. The van der Waals surface area contributed by atoms with Crippen molar-refractivity contribution >= 4 is 44.3 Å². The van der Waals surface area contributed by atoms with Gasteiger partial charge in [0.15, 0.2) is 5.78 Å². The van der Waals surface area contributed by atoms with E-state index in [1.165, 1.54) is 24.5 Å². The van der Waals surface area contributed by atoms with Crippen LogP contribution in [0.2, 0.25) is 5.15 Å². The molecule has 3 rings (SSSR count). The van der Waals surface area contributed by atoms with Crippen LogP contribution in [0, 0.1) is 12.7 Å². The second-order valence-corrected chi connectivity index (χ2v) is 6.06. The highest BCUT2D eigenvalue weighted by atomic mass is 79.9. The molecule has 0 N–H and O–H groups in total. The first-order chi connectivity index (χ1) is 10.5. The number of hydrogen-bond acceptors (Lipinski definition) is 3. The fourth-order valence-electron chi connectivity index (χ4n) is 2.35. The summed E-state index contributed by atoms with van der Waals surface area (Å²) in [5.74, 6) is -0.552. The molecule has 0 aliphatic carbocycles. The molecule has 1 aromatic carbocycles. The lowest BCUT2D eigenvalue weighted by atomic mass is 10.1. The molecular formula is C15H10BrClFN3O. The highest BCUT2D eigenvalue weighted by Gasteiger charge is 2.16. The van der Waals surface area contributed by atoms with Crippen LogP contribution in [0.25, 0.3) is 11.0 Å². The first-order valence-electron chi connectivity index (χ1n) is 6.41. The summed E-state index contributed by atoms with van der Waals surface area (Å²) in [5.41, 5.74) is 1.91. The number of carbonyl (C=O) groups excluding carboxylic acids is 1. The molecule has 0 aliphatic rings. The van der Waals surface area contributed by atoms with E-state index < -0.39 is 5.82 Å². The number of aromatic nitrogens is 3. The summed E-state index contributed by atoms with van der Waals surface area (Å²) in [6.07, 6.45) is 3.17. The fourth-order valence-corrected chi connectivity index (χ4v) is 3.20. The molecule has 22 heavy (non-hydrogen) atoms. The van der Waals surface area contributed by atoms with Gasteiger partial charge in [-0.25, -0.2) is 14.4 Å². The number of fused-ring (bicyclic) bond motifs is 1. The van der Waals surface area contributed by atoms with Gasteiger partial charge < -0.3 is 4.57 Å². The van der Waals surface area contributed by atoms with Crippen molar-refractivity contribution in [2.75, 3.05) is 0 Å². The molecule has 0 saturated carbocycles. The van der Waals surface area contributed by atoms with Crippen molar-refractivity contribution in [3.63, 3.8) is 0 Å². The highest BCUT2D eigenvalue weighted by Crippen LogP contribution is 2.25. The maximum atomic E-state index is 13.1. The van der Waals surface area contributed by atoms with Gasteiger partial charge in [0.1, 0.15) is 22.9 Å². The standard InChI is InChI=1S/C15H10BrClFN3O/c1-8-5-21(15-13(8)14(17)19-7-20-15)6-12(22)10-3-2-9(18)4-11(10)16/h2-5,7H,6H2,1H3. The quantitative estimate of drug-likeness (QED) is 0.504. The molecule has 0 spiro atoms. The van der Waals surface area contributed by atoms with Crippen LogP contribution < -0.4 is 0 Å². The van der Waals surface area contributed by atoms with Gasteiger partial charge >= 0.3 is 0 Å². The molecule has 0 bridgehead atoms. The molecule has 0 atom stereocenters. The Balaban J connectivity index is 2.00. The van der Waals surface area contributed by atoms with Crippen LogP contribution in [-0.2, 0) is 6.54 Å². The molecule has 0 aliphatic heterocycles. The second kappa shape index (κ2) is 5.78. The van der Waals surface area contributed by atoms with E-state index in [1.54, 1.807) is 10.8 Å². The van der Waals surface area contributed by atoms with E-state index in [0.29, 0.717) is 20.8 Å². The highest BCUT2D eigenvalue weighted by molar-refractivity contribution is 9.10. The monoisotopic (exact) mass is 381 g/mol. The lowest BCUT2D eigenvalue weighted by Gasteiger charge is -2.06. The van der Waals surface area contributed by atoms with Crippen LogP contribution in [0.1, 0.15) is 15.9 Å². The van der Waals surface area contributed by atoms with E-state index >= 15 is 0 Å². The van der Waals surface area contributed by atoms with Gasteiger partial charge in [0, 0.05) is 16.2 Å². The van der Waals surface area contributed by atoms with Crippen molar-refractivity contribution in [1.29, 1.82) is 0 Å². The minimum atomic E-state index is -0.398. The molecular weight excluding hydrogens is 373 g/mol. The summed E-state index contributed by atoms with van der Waals surface area (Å²) >= 11 is 9.28. The van der Waals surface area contributed by atoms with E-state index in [0.717, 1.165) is 10.9 Å². The number of benzene rings is 1. The Hall–Kier alpha value is -1.79. The van der Waals surface area contributed by atoms with E-state index in [-0.39, 0.29) is 12.3 Å². The first-order valence-corrected chi connectivity index (χ1v) is 7.58. The Labute approximate surface area is 139 Å². The van der Waals surface area contributed by atoms with Gasteiger partial charge in [-0.1, -0.05) is 11.6 Å². The maximum Gasteiger partial charge on any atom is 0.183 e. The topological polar surface area (TPSA) is 47.8 Å². The van der Waals surface area contributed by atoms with Crippen LogP contribution in [0.4, 0.5) is 4.39 Å². The molecule has 0 unspecified atom stereocenters. The molecule has 0 amide bonds. The van der Waals surface area contributed by atoms with Crippen LogP contribution in [0.3, 0.4) is 0 Å². The zero-order valence-corrected chi connectivity index (χ0v) is 13.8. The largest absolute Gasteiger partial charge is 0.324 e. The molecule has 3 aromatic rings. The average molecular weight is 383 g/mol. The van der Waals surface area contributed by atoms with Gasteiger partial charge in [-0.05, 0) is 46.6 Å².